The highest BCUT2D eigenvalue weighted by Gasteiger charge is 2.20. The van der Waals surface area contributed by atoms with E-state index in [1.165, 1.54) is 334 Å². The lowest BCUT2D eigenvalue weighted by Crippen LogP contribution is -2.45. The van der Waals surface area contributed by atoms with Gasteiger partial charge in [-0.3, -0.25) is 9.59 Å². The summed E-state index contributed by atoms with van der Waals surface area (Å²) in [5.74, 6) is -0.0130. The first-order valence-electron chi connectivity index (χ1n) is 36.1. The van der Waals surface area contributed by atoms with E-state index in [0.29, 0.717) is 25.9 Å². The summed E-state index contributed by atoms with van der Waals surface area (Å²) in [6.07, 6.45) is 86.8. The Bertz CT molecular complexity index is 1230. The average molecular weight is 1110 g/mol. The van der Waals surface area contributed by atoms with Crippen LogP contribution in [0.4, 0.5) is 0 Å². The molecule has 0 bridgehead atoms. The largest absolute Gasteiger partial charge is 0.466 e. The zero-order valence-corrected chi connectivity index (χ0v) is 53.6. The number of aliphatic hydroxyl groups excluding tert-OH is 2. The lowest BCUT2D eigenvalue weighted by Gasteiger charge is -2.22. The van der Waals surface area contributed by atoms with Crippen molar-refractivity contribution in [2.75, 3.05) is 13.2 Å². The van der Waals surface area contributed by atoms with Gasteiger partial charge < -0.3 is 20.3 Å². The van der Waals surface area contributed by atoms with E-state index < -0.39 is 12.1 Å². The first-order chi connectivity index (χ1) is 39.0. The maximum absolute atomic E-state index is 12.5. The molecule has 6 nitrogen and oxygen atoms in total. The molecule has 0 aliphatic carbocycles. The molecular weight excluding hydrogens is 971 g/mol. The normalized spacial score (nSPS) is 12.6. The van der Waals surface area contributed by atoms with Crippen LogP contribution in [0.1, 0.15) is 406 Å². The van der Waals surface area contributed by atoms with Crippen molar-refractivity contribution in [1.29, 1.82) is 0 Å². The number of rotatable bonds is 68. The molecule has 0 saturated carbocycles. The molecule has 0 aromatic heterocycles. The van der Waals surface area contributed by atoms with Gasteiger partial charge >= 0.3 is 5.97 Å². The zero-order valence-electron chi connectivity index (χ0n) is 53.6. The van der Waals surface area contributed by atoms with Gasteiger partial charge in [0.15, 0.2) is 0 Å². The minimum absolute atomic E-state index is 0.0185. The summed E-state index contributed by atoms with van der Waals surface area (Å²) < 4.78 is 5.51. The van der Waals surface area contributed by atoms with Crippen LogP contribution in [0.3, 0.4) is 0 Å². The summed E-state index contributed by atoms with van der Waals surface area (Å²) in [6, 6.07) is -0.538. The monoisotopic (exact) mass is 1110 g/mol. The van der Waals surface area contributed by atoms with Crippen molar-refractivity contribution >= 4 is 11.9 Å². The topological polar surface area (TPSA) is 95.9 Å². The fourth-order valence-corrected chi connectivity index (χ4v) is 11.5. The molecule has 79 heavy (non-hydrogen) atoms. The van der Waals surface area contributed by atoms with Crippen molar-refractivity contribution in [3.05, 3.63) is 24.3 Å². The number of amides is 1. The molecule has 0 heterocycles. The van der Waals surface area contributed by atoms with Crippen molar-refractivity contribution in [3.63, 3.8) is 0 Å². The molecular formula is C73H141NO5. The SMILES string of the molecule is CCCCCCCC/C=C\CCCCCCCCCCCC(=O)OCCCCCCCCCCCCCC/C=C\CCCCCCCCCCCCCCCCCCC(=O)NC(CO)C(O)CCCCCCCCCCCCC. The first-order valence-corrected chi connectivity index (χ1v) is 36.1. The number of carbonyl (C=O) groups excluding carboxylic acids is 2. The highest BCUT2D eigenvalue weighted by Crippen LogP contribution is 2.19. The van der Waals surface area contributed by atoms with Crippen LogP contribution < -0.4 is 5.32 Å². The fraction of sp³-hybridized carbons (Fsp3) is 0.918. The number of nitrogens with one attached hydrogen (secondary N) is 1. The van der Waals surface area contributed by atoms with Gasteiger partial charge in [-0.1, -0.05) is 340 Å². The van der Waals surface area contributed by atoms with Gasteiger partial charge in [0.25, 0.3) is 0 Å². The molecule has 0 aromatic rings. The van der Waals surface area contributed by atoms with Gasteiger partial charge in [-0.25, -0.2) is 0 Å². The van der Waals surface area contributed by atoms with Gasteiger partial charge in [-0.15, -0.1) is 0 Å². The van der Waals surface area contributed by atoms with Gasteiger partial charge in [-0.2, -0.15) is 0 Å². The summed E-state index contributed by atoms with van der Waals surface area (Å²) in [4.78, 5) is 24.6. The summed E-state index contributed by atoms with van der Waals surface area (Å²) >= 11 is 0. The van der Waals surface area contributed by atoms with E-state index in [1.54, 1.807) is 0 Å². The Morgan fingerprint density at radius 1 is 0.342 bits per heavy atom. The minimum Gasteiger partial charge on any atom is -0.466 e. The third-order valence-corrected chi connectivity index (χ3v) is 17.0. The van der Waals surface area contributed by atoms with Crippen LogP contribution in [-0.4, -0.2) is 47.4 Å². The maximum Gasteiger partial charge on any atom is 0.305 e. The highest BCUT2D eigenvalue weighted by atomic mass is 16.5. The van der Waals surface area contributed by atoms with Crippen LogP contribution in [0.15, 0.2) is 24.3 Å². The van der Waals surface area contributed by atoms with Gasteiger partial charge in [-0.05, 0) is 77.0 Å². The molecule has 0 aromatic carbocycles. The molecule has 0 aliphatic heterocycles. The van der Waals surface area contributed by atoms with E-state index in [9.17, 15) is 19.8 Å². The van der Waals surface area contributed by atoms with Gasteiger partial charge in [0.2, 0.25) is 5.91 Å². The van der Waals surface area contributed by atoms with Gasteiger partial charge in [0.1, 0.15) is 0 Å². The lowest BCUT2D eigenvalue weighted by atomic mass is 10.0. The molecule has 0 fully saturated rings. The predicted molar refractivity (Wildman–Crippen MR) is 347 cm³/mol. The molecule has 468 valence electrons. The van der Waals surface area contributed by atoms with Crippen LogP contribution in [0.25, 0.3) is 0 Å². The van der Waals surface area contributed by atoms with Crippen molar-refractivity contribution in [3.8, 4) is 0 Å². The quantitative estimate of drug-likeness (QED) is 0.0320. The Labute approximate surface area is 494 Å². The predicted octanol–water partition coefficient (Wildman–Crippen LogP) is 23.3. The second kappa shape index (κ2) is 68.8. The van der Waals surface area contributed by atoms with Crippen molar-refractivity contribution in [2.24, 2.45) is 0 Å². The van der Waals surface area contributed by atoms with Crippen LogP contribution >= 0.6 is 0 Å². The first kappa shape index (κ1) is 77.3. The summed E-state index contributed by atoms with van der Waals surface area (Å²) in [5.41, 5.74) is 0. The number of unbranched alkanes of at least 4 members (excludes halogenated alkanes) is 53. The number of allylic oxidation sites excluding steroid dienone is 4. The Morgan fingerprint density at radius 2 is 0.595 bits per heavy atom. The number of hydrogen-bond acceptors (Lipinski definition) is 5. The van der Waals surface area contributed by atoms with E-state index in [0.717, 1.165) is 38.5 Å². The van der Waals surface area contributed by atoms with Gasteiger partial charge in [0, 0.05) is 12.8 Å². The number of ether oxygens (including phenoxy) is 1. The number of hydrogen-bond donors (Lipinski definition) is 3. The minimum atomic E-state index is -0.660. The van der Waals surface area contributed by atoms with E-state index in [-0.39, 0.29) is 18.5 Å². The molecule has 2 atom stereocenters. The Morgan fingerprint density at radius 3 is 0.899 bits per heavy atom. The summed E-state index contributed by atoms with van der Waals surface area (Å²) in [7, 11) is 0. The van der Waals surface area contributed by atoms with Crippen LogP contribution in [0, 0.1) is 0 Å². The summed E-state index contributed by atoms with van der Waals surface area (Å²) in [5, 5.41) is 23.2. The molecule has 6 heteroatoms. The Balaban J connectivity index is 3.32. The second-order valence-electron chi connectivity index (χ2n) is 24.9. The second-order valence-corrected chi connectivity index (χ2v) is 24.9. The maximum atomic E-state index is 12.5. The number of aliphatic hydroxyl groups is 2. The smallest absolute Gasteiger partial charge is 0.305 e. The Hall–Kier alpha value is -1.66. The standard InChI is InChI=1S/C73H141NO5/c1-3-5-7-9-11-13-15-16-17-18-33-37-40-43-47-51-55-59-63-67-73(78)79-68-64-60-56-52-48-44-41-38-35-32-30-28-26-24-22-20-19-21-23-25-27-29-31-34-36-39-42-46-50-54-58-62-66-72(77)74-70(69-75)71(76)65-61-57-53-49-45-14-12-10-8-6-4-2/h16-17,22,24,70-71,75-76H,3-15,18-21,23,25-69H2,1-2H3,(H,74,77)/b17-16-,24-22-. The molecule has 0 aliphatic rings. The number of carbonyl (C=O) groups is 2. The van der Waals surface area contributed by atoms with E-state index in [1.807, 2.05) is 0 Å². The molecule has 0 saturated heterocycles. The van der Waals surface area contributed by atoms with Crippen molar-refractivity contribution in [2.45, 2.75) is 418 Å². The van der Waals surface area contributed by atoms with Gasteiger partial charge in [0.05, 0.1) is 25.4 Å². The van der Waals surface area contributed by atoms with E-state index in [2.05, 4.69) is 43.5 Å². The highest BCUT2D eigenvalue weighted by molar-refractivity contribution is 5.76. The van der Waals surface area contributed by atoms with Crippen molar-refractivity contribution < 1.29 is 24.5 Å². The third kappa shape index (κ3) is 65.4. The fourth-order valence-electron chi connectivity index (χ4n) is 11.5. The molecule has 0 spiro atoms. The third-order valence-electron chi connectivity index (χ3n) is 17.0. The lowest BCUT2D eigenvalue weighted by molar-refractivity contribution is -0.143. The van der Waals surface area contributed by atoms with E-state index >= 15 is 0 Å². The average Bonchev–Trinajstić information content (AvgIpc) is 3.45. The summed E-state index contributed by atoms with van der Waals surface area (Å²) in [6.45, 7) is 4.97. The Kier molecular flexibility index (Phi) is 67.4. The van der Waals surface area contributed by atoms with Crippen LogP contribution in [-0.2, 0) is 14.3 Å². The molecule has 3 N–H and O–H groups in total. The number of esters is 1. The molecule has 0 rings (SSSR count). The molecule has 0 radical (unpaired) electrons. The van der Waals surface area contributed by atoms with Crippen LogP contribution in [0.5, 0.6) is 0 Å². The van der Waals surface area contributed by atoms with Crippen molar-refractivity contribution in [1.82, 2.24) is 5.32 Å². The molecule has 1 amide bonds. The van der Waals surface area contributed by atoms with E-state index in [4.69, 9.17) is 4.74 Å². The van der Waals surface area contributed by atoms with Crippen LogP contribution in [0.2, 0.25) is 0 Å². The zero-order chi connectivity index (χ0) is 57.1. The molecule has 2 unspecified atom stereocenters.